The first-order valence-electron chi connectivity index (χ1n) is 9.40. The summed E-state index contributed by atoms with van der Waals surface area (Å²) in [6.45, 7) is 4.02. The molecule has 9 nitrogen and oxygen atoms in total. The number of fused-ring (bicyclic) bond motifs is 1. The third kappa shape index (κ3) is 3.45. The van der Waals surface area contributed by atoms with Gasteiger partial charge in [-0.05, 0) is 6.42 Å². The highest BCUT2D eigenvalue weighted by molar-refractivity contribution is 6.01. The molecule has 0 radical (unpaired) electrons. The molecule has 1 amide bonds. The second-order valence-corrected chi connectivity index (χ2v) is 7.15. The number of hydrogen-bond acceptors (Lipinski definition) is 6. The molecule has 3 aromatic heterocycles. The Bertz CT molecular complexity index is 993. The van der Waals surface area contributed by atoms with Crippen molar-refractivity contribution in [1.29, 1.82) is 0 Å². The van der Waals surface area contributed by atoms with Crippen LogP contribution in [0.25, 0.3) is 11.0 Å². The number of carbonyl (C=O) groups is 1. The molecule has 3 aromatic rings. The van der Waals surface area contributed by atoms with E-state index in [9.17, 15) is 4.79 Å². The minimum Gasteiger partial charge on any atom is -0.495 e. The van der Waals surface area contributed by atoms with Crippen molar-refractivity contribution in [1.82, 2.24) is 34.3 Å². The maximum atomic E-state index is 13.2. The third-order valence-electron chi connectivity index (χ3n) is 5.19. The molecule has 9 heteroatoms. The van der Waals surface area contributed by atoms with Crippen molar-refractivity contribution in [2.45, 2.75) is 13.0 Å². The fourth-order valence-corrected chi connectivity index (χ4v) is 3.76. The van der Waals surface area contributed by atoms with Gasteiger partial charge in [0.15, 0.2) is 5.65 Å². The van der Waals surface area contributed by atoms with Gasteiger partial charge in [0.05, 0.1) is 24.9 Å². The number of aromatic nitrogens is 5. The number of carbonyl (C=O) groups excluding carboxylic acids is 1. The van der Waals surface area contributed by atoms with E-state index in [4.69, 9.17) is 4.74 Å². The number of pyridine rings is 1. The average Bonchev–Trinajstić information content (AvgIpc) is 3.19. The van der Waals surface area contributed by atoms with Gasteiger partial charge < -0.3 is 9.64 Å². The molecule has 0 unspecified atom stereocenters. The molecular weight excluding hydrogens is 358 g/mol. The van der Waals surface area contributed by atoms with Crippen LogP contribution in [0.1, 0.15) is 22.3 Å². The Labute approximate surface area is 163 Å². The Hall–Kier alpha value is -2.94. The van der Waals surface area contributed by atoms with E-state index in [1.54, 1.807) is 24.2 Å². The summed E-state index contributed by atoms with van der Waals surface area (Å²) in [7, 11) is 5.32. The number of ether oxygens (including phenoxy) is 1. The highest BCUT2D eigenvalue weighted by Crippen LogP contribution is 2.29. The van der Waals surface area contributed by atoms with Gasteiger partial charge in [-0.2, -0.15) is 10.2 Å². The smallest absolute Gasteiger partial charge is 0.259 e. The lowest BCUT2D eigenvalue weighted by Gasteiger charge is -2.22. The molecule has 1 fully saturated rings. The normalized spacial score (nSPS) is 15.8. The molecule has 0 atom stereocenters. The van der Waals surface area contributed by atoms with E-state index in [2.05, 4.69) is 20.1 Å². The van der Waals surface area contributed by atoms with Gasteiger partial charge in [-0.1, -0.05) is 0 Å². The van der Waals surface area contributed by atoms with Gasteiger partial charge >= 0.3 is 0 Å². The summed E-state index contributed by atoms with van der Waals surface area (Å²) in [5.74, 6) is 0.498. The van der Waals surface area contributed by atoms with Gasteiger partial charge in [0.2, 0.25) is 0 Å². The molecule has 28 heavy (non-hydrogen) atoms. The first-order chi connectivity index (χ1) is 13.6. The summed E-state index contributed by atoms with van der Waals surface area (Å²) in [6, 6.07) is 0. The lowest BCUT2D eigenvalue weighted by Crippen LogP contribution is -2.35. The topological polar surface area (TPSA) is 81.3 Å². The van der Waals surface area contributed by atoms with Crippen LogP contribution in [-0.2, 0) is 20.6 Å². The van der Waals surface area contributed by atoms with E-state index < -0.39 is 0 Å². The van der Waals surface area contributed by atoms with Gasteiger partial charge in [-0.25, -0.2) is 4.98 Å². The molecule has 0 aliphatic carbocycles. The zero-order valence-corrected chi connectivity index (χ0v) is 16.5. The van der Waals surface area contributed by atoms with Crippen molar-refractivity contribution in [2.24, 2.45) is 14.1 Å². The molecule has 1 aliphatic heterocycles. The summed E-state index contributed by atoms with van der Waals surface area (Å²) in [5, 5.41) is 9.21. The van der Waals surface area contributed by atoms with E-state index in [-0.39, 0.29) is 5.91 Å². The molecule has 4 heterocycles. The molecule has 0 spiro atoms. The quantitative estimate of drug-likeness (QED) is 0.670. The summed E-state index contributed by atoms with van der Waals surface area (Å²) >= 11 is 0. The fourth-order valence-electron chi connectivity index (χ4n) is 3.76. The van der Waals surface area contributed by atoms with Crippen LogP contribution in [-0.4, -0.2) is 73.5 Å². The van der Waals surface area contributed by atoms with Crippen molar-refractivity contribution in [3.05, 3.63) is 35.9 Å². The highest BCUT2D eigenvalue weighted by atomic mass is 16.5. The number of rotatable bonds is 4. The van der Waals surface area contributed by atoms with Crippen LogP contribution in [0.15, 0.2) is 24.8 Å². The highest BCUT2D eigenvalue weighted by Gasteiger charge is 2.25. The van der Waals surface area contributed by atoms with E-state index in [0.717, 1.165) is 38.0 Å². The average molecular weight is 383 g/mol. The largest absolute Gasteiger partial charge is 0.495 e. The second-order valence-electron chi connectivity index (χ2n) is 7.15. The fraction of sp³-hybridized carbons (Fsp3) is 0.474. The van der Waals surface area contributed by atoms with Crippen LogP contribution < -0.4 is 4.74 Å². The van der Waals surface area contributed by atoms with E-state index in [1.807, 2.05) is 36.1 Å². The molecule has 1 saturated heterocycles. The first kappa shape index (κ1) is 18.4. The first-order valence-corrected chi connectivity index (χ1v) is 9.40. The van der Waals surface area contributed by atoms with E-state index in [1.165, 1.54) is 5.56 Å². The Balaban J connectivity index is 1.50. The number of methoxy groups -OCH3 is 1. The summed E-state index contributed by atoms with van der Waals surface area (Å²) in [5.41, 5.74) is 2.38. The van der Waals surface area contributed by atoms with Gasteiger partial charge in [-0.15, -0.1) is 0 Å². The lowest BCUT2D eigenvalue weighted by molar-refractivity contribution is 0.0757. The van der Waals surface area contributed by atoms with Crippen LogP contribution in [0.3, 0.4) is 0 Å². The molecule has 0 bridgehead atoms. The summed E-state index contributed by atoms with van der Waals surface area (Å²) in [6.07, 6.45) is 8.15. The summed E-state index contributed by atoms with van der Waals surface area (Å²) < 4.78 is 9.05. The molecule has 0 saturated carbocycles. The Morgan fingerprint density at radius 2 is 1.96 bits per heavy atom. The van der Waals surface area contributed by atoms with Crippen molar-refractivity contribution < 1.29 is 9.53 Å². The predicted octanol–water partition coefficient (Wildman–Crippen LogP) is 1.06. The molecule has 0 aromatic carbocycles. The van der Waals surface area contributed by atoms with Crippen molar-refractivity contribution >= 4 is 16.9 Å². The van der Waals surface area contributed by atoms with E-state index in [0.29, 0.717) is 23.5 Å². The van der Waals surface area contributed by atoms with Crippen LogP contribution >= 0.6 is 0 Å². The van der Waals surface area contributed by atoms with Crippen LogP contribution in [0.5, 0.6) is 5.75 Å². The Morgan fingerprint density at radius 3 is 2.71 bits per heavy atom. The standard InChI is InChI=1S/C19H25N7O2/c1-23-12-14(9-21-23)13-25-5-4-6-26(8-7-25)19(27)16-10-20-18-15(17(16)28-3)11-22-24(18)2/h9-12H,4-8,13H2,1-3H3. The zero-order valence-electron chi connectivity index (χ0n) is 16.5. The monoisotopic (exact) mass is 383 g/mol. The second kappa shape index (κ2) is 7.59. The van der Waals surface area contributed by atoms with E-state index >= 15 is 0 Å². The Kier molecular flexibility index (Phi) is 4.99. The predicted molar refractivity (Wildman–Crippen MR) is 104 cm³/mol. The third-order valence-corrected chi connectivity index (χ3v) is 5.19. The van der Waals surface area contributed by atoms with Gasteiger partial charge in [-0.3, -0.25) is 19.1 Å². The molecular formula is C19H25N7O2. The van der Waals surface area contributed by atoms with Crippen molar-refractivity contribution in [3.8, 4) is 5.75 Å². The van der Waals surface area contributed by atoms with Gasteiger partial charge in [0.1, 0.15) is 11.3 Å². The van der Waals surface area contributed by atoms with Crippen LogP contribution in [0.4, 0.5) is 0 Å². The maximum Gasteiger partial charge on any atom is 0.259 e. The molecule has 4 rings (SSSR count). The van der Waals surface area contributed by atoms with Crippen LogP contribution in [0, 0.1) is 0 Å². The molecule has 148 valence electrons. The maximum absolute atomic E-state index is 13.2. The minimum atomic E-state index is -0.0432. The number of hydrogen-bond donors (Lipinski definition) is 0. The molecule has 0 N–H and O–H groups in total. The number of aryl methyl sites for hydroxylation is 2. The minimum absolute atomic E-state index is 0.0432. The number of nitrogens with zero attached hydrogens (tertiary/aromatic N) is 7. The summed E-state index contributed by atoms with van der Waals surface area (Å²) in [4.78, 5) is 21.9. The number of amides is 1. The van der Waals surface area contributed by atoms with Crippen LogP contribution in [0.2, 0.25) is 0 Å². The van der Waals surface area contributed by atoms with Gasteiger partial charge in [0, 0.05) is 64.8 Å². The Morgan fingerprint density at radius 1 is 1.11 bits per heavy atom. The zero-order chi connectivity index (χ0) is 19.7. The van der Waals surface area contributed by atoms with Gasteiger partial charge in [0.25, 0.3) is 5.91 Å². The van der Waals surface area contributed by atoms with Crippen molar-refractivity contribution in [2.75, 3.05) is 33.3 Å². The van der Waals surface area contributed by atoms with Crippen molar-refractivity contribution in [3.63, 3.8) is 0 Å². The SMILES string of the molecule is COc1c(C(=O)N2CCCN(Cc3cnn(C)c3)CC2)cnc2c1cnn2C. The molecule has 1 aliphatic rings. The lowest BCUT2D eigenvalue weighted by atomic mass is 10.1.